The van der Waals surface area contributed by atoms with Gasteiger partial charge in [0.25, 0.3) is 5.69 Å². The van der Waals surface area contributed by atoms with Crippen LogP contribution in [-0.4, -0.2) is 40.2 Å². The number of thioether (sulfide) groups is 1. The summed E-state index contributed by atoms with van der Waals surface area (Å²) < 4.78 is 4.96. The lowest BCUT2D eigenvalue weighted by Crippen LogP contribution is -2.31. The van der Waals surface area contributed by atoms with Crippen LogP contribution in [0, 0.1) is 10.1 Å². The van der Waals surface area contributed by atoms with E-state index in [9.17, 15) is 29.6 Å². The molecule has 10 heteroatoms. The van der Waals surface area contributed by atoms with Crippen molar-refractivity contribution in [2.45, 2.75) is 16.6 Å². The van der Waals surface area contributed by atoms with Gasteiger partial charge in [-0.2, -0.15) is 0 Å². The summed E-state index contributed by atoms with van der Waals surface area (Å²) in [5, 5.41) is 19.8. The summed E-state index contributed by atoms with van der Waals surface area (Å²) in [5.74, 6) is -2.16. The number of amides is 2. The van der Waals surface area contributed by atoms with E-state index < -0.39 is 33.6 Å². The maximum absolute atomic E-state index is 12.8. The van der Waals surface area contributed by atoms with Gasteiger partial charge in [0.15, 0.2) is 0 Å². The minimum atomic E-state index is -1.15. The Morgan fingerprint density at radius 2 is 2.00 bits per heavy atom. The zero-order chi connectivity index (χ0) is 20.4. The molecule has 1 atom stereocenters. The van der Waals surface area contributed by atoms with Crippen molar-refractivity contribution in [1.29, 1.82) is 0 Å². The smallest absolute Gasteiger partial charge is 0.336 e. The summed E-state index contributed by atoms with van der Waals surface area (Å²) in [6.45, 7) is 0. The van der Waals surface area contributed by atoms with E-state index in [0.717, 1.165) is 22.7 Å². The van der Waals surface area contributed by atoms with E-state index in [0.29, 0.717) is 4.90 Å². The van der Waals surface area contributed by atoms with Gasteiger partial charge in [-0.15, -0.1) is 11.8 Å². The Morgan fingerprint density at radius 3 is 2.64 bits per heavy atom. The average molecular weight is 402 g/mol. The molecule has 0 bridgehead atoms. The van der Waals surface area contributed by atoms with Crippen LogP contribution in [0.3, 0.4) is 0 Å². The maximum atomic E-state index is 12.8. The lowest BCUT2D eigenvalue weighted by atomic mass is 10.2. The lowest BCUT2D eigenvalue weighted by molar-refractivity contribution is -0.384. The van der Waals surface area contributed by atoms with Crippen LogP contribution in [0.2, 0.25) is 0 Å². The van der Waals surface area contributed by atoms with Crippen LogP contribution in [0.4, 0.5) is 11.4 Å². The number of imide groups is 1. The molecule has 2 aromatic carbocycles. The van der Waals surface area contributed by atoms with E-state index in [2.05, 4.69) is 0 Å². The molecule has 0 aliphatic carbocycles. The van der Waals surface area contributed by atoms with Crippen molar-refractivity contribution in [3.63, 3.8) is 0 Å². The molecule has 2 amide bonds. The highest BCUT2D eigenvalue weighted by Gasteiger charge is 2.43. The number of nitro benzene ring substituents is 1. The molecule has 1 aliphatic rings. The zero-order valence-electron chi connectivity index (χ0n) is 14.5. The number of nitro groups is 1. The summed E-state index contributed by atoms with van der Waals surface area (Å²) in [4.78, 5) is 48.4. The van der Waals surface area contributed by atoms with Gasteiger partial charge in [-0.1, -0.05) is 12.1 Å². The molecule has 144 valence electrons. The predicted molar refractivity (Wildman–Crippen MR) is 99.8 cm³/mol. The summed E-state index contributed by atoms with van der Waals surface area (Å²) >= 11 is 0.951. The van der Waals surface area contributed by atoms with Gasteiger partial charge in [-0.05, 0) is 24.3 Å². The maximum Gasteiger partial charge on any atom is 0.336 e. The van der Waals surface area contributed by atoms with Crippen LogP contribution in [0.5, 0.6) is 5.75 Å². The largest absolute Gasteiger partial charge is 0.496 e. The van der Waals surface area contributed by atoms with E-state index in [1.54, 1.807) is 18.2 Å². The minimum absolute atomic E-state index is 0.0154. The first-order valence-electron chi connectivity index (χ1n) is 8.01. The van der Waals surface area contributed by atoms with Crippen LogP contribution in [0.1, 0.15) is 16.8 Å². The molecule has 28 heavy (non-hydrogen) atoms. The van der Waals surface area contributed by atoms with E-state index in [1.165, 1.54) is 25.3 Å². The third-order valence-electron chi connectivity index (χ3n) is 4.11. The summed E-state index contributed by atoms with van der Waals surface area (Å²) in [7, 11) is 1.34. The fraction of sp³-hybridized carbons (Fsp3) is 0.167. The summed E-state index contributed by atoms with van der Waals surface area (Å²) in [6.07, 6.45) is -0.194. The Kier molecular flexibility index (Phi) is 5.32. The highest BCUT2D eigenvalue weighted by Crippen LogP contribution is 2.39. The molecule has 0 saturated carbocycles. The second-order valence-corrected chi connectivity index (χ2v) is 7.04. The van der Waals surface area contributed by atoms with Crippen molar-refractivity contribution in [3.8, 4) is 5.75 Å². The highest BCUT2D eigenvalue weighted by molar-refractivity contribution is 8.00. The number of rotatable bonds is 6. The molecule has 1 heterocycles. The molecular weight excluding hydrogens is 388 g/mol. The number of nitrogens with zero attached hydrogens (tertiary/aromatic N) is 2. The molecular formula is C18H14N2O7S. The SMILES string of the molecule is COc1ccc(N2C(=O)C[C@@H](Sc3ccccc3C(=O)O)C2=O)c([N+](=O)[O-])c1. The number of ether oxygens (including phenoxy) is 1. The quantitative estimate of drug-likeness (QED) is 0.444. The van der Waals surface area contributed by atoms with Crippen LogP contribution < -0.4 is 9.64 Å². The van der Waals surface area contributed by atoms with Gasteiger partial charge in [0, 0.05) is 11.3 Å². The fourth-order valence-corrected chi connectivity index (χ4v) is 3.99. The van der Waals surface area contributed by atoms with Gasteiger partial charge in [0.2, 0.25) is 11.8 Å². The minimum Gasteiger partial charge on any atom is -0.496 e. The van der Waals surface area contributed by atoms with Crippen LogP contribution in [0.25, 0.3) is 0 Å². The van der Waals surface area contributed by atoms with Gasteiger partial charge in [0.1, 0.15) is 11.4 Å². The molecule has 0 aromatic heterocycles. The topological polar surface area (TPSA) is 127 Å². The second-order valence-electron chi connectivity index (χ2n) is 5.79. The number of carboxylic acid groups (broad SMARTS) is 1. The van der Waals surface area contributed by atoms with Crippen molar-refractivity contribution in [2.75, 3.05) is 12.0 Å². The number of carboxylic acids is 1. The predicted octanol–water partition coefficient (Wildman–Crippen LogP) is 2.73. The van der Waals surface area contributed by atoms with E-state index >= 15 is 0 Å². The van der Waals surface area contributed by atoms with Gasteiger partial charge in [0.05, 0.1) is 28.9 Å². The Hall–Kier alpha value is -3.40. The number of carbonyl (C=O) groups excluding carboxylic acids is 2. The van der Waals surface area contributed by atoms with Gasteiger partial charge >= 0.3 is 5.97 Å². The number of hydrogen-bond donors (Lipinski definition) is 1. The van der Waals surface area contributed by atoms with Gasteiger partial charge in [-0.3, -0.25) is 19.7 Å². The fourth-order valence-electron chi connectivity index (χ4n) is 2.81. The first-order valence-corrected chi connectivity index (χ1v) is 8.89. The van der Waals surface area contributed by atoms with E-state index in [-0.39, 0.29) is 23.4 Å². The molecule has 3 rings (SSSR count). The highest BCUT2D eigenvalue weighted by atomic mass is 32.2. The molecule has 1 aliphatic heterocycles. The Bertz CT molecular complexity index is 992. The number of methoxy groups -OCH3 is 1. The van der Waals surface area contributed by atoms with Crippen LogP contribution in [0.15, 0.2) is 47.4 Å². The Morgan fingerprint density at radius 1 is 1.29 bits per heavy atom. The molecule has 9 nitrogen and oxygen atoms in total. The molecule has 1 fully saturated rings. The van der Waals surface area contributed by atoms with Crippen LogP contribution in [-0.2, 0) is 9.59 Å². The summed E-state index contributed by atoms with van der Waals surface area (Å²) in [5.41, 5.74) is -0.560. The van der Waals surface area contributed by atoms with Crippen molar-refractivity contribution in [3.05, 3.63) is 58.1 Å². The molecule has 1 saturated heterocycles. The number of hydrogen-bond acceptors (Lipinski definition) is 7. The van der Waals surface area contributed by atoms with Gasteiger partial charge in [-0.25, -0.2) is 9.69 Å². The monoisotopic (exact) mass is 402 g/mol. The molecule has 0 radical (unpaired) electrons. The summed E-state index contributed by atoms with van der Waals surface area (Å²) in [6, 6.07) is 9.97. The number of carbonyl (C=O) groups is 3. The van der Waals surface area contributed by atoms with Crippen molar-refractivity contribution >= 4 is 40.9 Å². The molecule has 0 spiro atoms. The normalized spacial score (nSPS) is 16.3. The third-order valence-corrected chi connectivity index (χ3v) is 5.37. The van der Waals surface area contributed by atoms with E-state index in [4.69, 9.17) is 4.74 Å². The molecule has 0 unspecified atom stereocenters. The Balaban J connectivity index is 1.93. The lowest BCUT2D eigenvalue weighted by Gasteiger charge is -2.16. The van der Waals surface area contributed by atoms with E-state index in [1.807, 2.05) is 0 Å². The standard InChI is InChI=1S/C18H14N2O7S/c1-27-10-6-7-12(13(8-10)20(25)26)19-16(21)9-15(17(19)22)28-14-5-3-2-4-11(14)18(23)24/h2-8,15H,9H2,1H3,(H,23,24)/t15-/m1/s1. The van der Waals surface area contributed by atoms with Crippen molar-refractivity contribution < 1.29 is 29.2 Å². The zero-order valence-corrected chi connectivity index (χ0v) is 15.3. The first-order chi connectivity index (χ1) is 13.3. The molecule has 1 N–H and O–H groups in total. The Labute approximate surface area is 163 Å². The average Bonchev–Trinajstić information content (AvgIpc) is 2.94. The number of anilines is 1. The third kappa shape index (κ3) is 3.54. The number of benzene rings is 2. The molecule has 2 aromatic rings. The van der Waals surface area contributed by atoms with Gasteiger partial charge < -0.3 is 9.84 Å². The number of aromatic carboxylic acids is 1. The van der Waals surface area contributed by atoms with Crippen molar-refractivity contribution in [1.82, 2.24) is 0 Å². The first kappa shape index (κ1) is 19.4. The second kappa shape index (κ2) is 7.69. The van der Waals surface area contributed by atoms with Crippen molar-refractivity contribution in [2.24, 2.45) is 0 Å². The van der Waals surface area contributed by atoms with Crippen LogP contribution >= 0.6 is 11.8 Å².